The first-order valence-corrected chi connectivity index (χ1v) is 13.3. The number of allylic oxidation sites excluding steroid dienone is 1. The number of nitriles is 1. The SMILES string of the molecule is COc1cc(C2C(C#N)=C(N)Oc3cc(OC(=O)COc4cc(C)cc(C)c4)ccc32)ccc1OCc1ccccc1. The van der Waals surface area contributed by atoms with Gasteiger partial charge in [-0.3, -0.25) is 0 Å². The van der Waals surface area contributed by atoms with Crippen molar-refractivity contribution in [3.8, 4) is 34.8 Å². The number of ether oxygens (including phenoxy) is 5. The van der Waals surface area contributed by atoms with Crippen LogP contribution in [0.1, 0.15) is 33.7 Å². The molecule has 0 bridgehead atoms. The number of aryl methyl sites for hydroxylation is 2. The summed E-state index contributed by atoms with van der Waals surface area (Å²) in [5.74, 6) is 1.18. The molecule has 212 valence electrons. The molecule has 0 aliphatic carbocycles. The number of esters is 1. The topological polar surface area (TPSA) is 113 Å². The Labute approximate surface area is 244 Å². The van der Waals surface area contributed by atoms with Gasteiger partial charge >= 0.3 is 5.97 Å². The van der Waals surface area contributed by atoms with Gasteiger partial charge in [-0.1, -0.05) is 48.5 Å². The van der Waals surface area contributed by atoms with Gasteiger partial charge in [-0.25, -0.2) is 4.79 Å². The maximum atomic E-state index is 12.5. The van der Waals surface area contributed by atoms with Gasteiger partial charge in [0.25, 0.3) is 0 Å². The highest BCUT2D eigenvalue weighted by atomic mass is 16.6. The van der Waals surface area contributed by atoms with E-state index in [0.717, 1.165) is 22.3 Å². The van der Waals surface area contributed by atoms with E-state index in [1.165, 1.54) is 0 Å². The maximum absolute atomic E-state index is 12.5. The molecular weight excluding hydrogens is 532 g/mol. The molecule has 0 spiro atoms. The number of benzene rings is 4. The lowest BCUT2D eigenvalue weighted by molar-refractivity contribution is -0.136. The maximum Gasteiger partial charge on any atom is 0.349 e. The summed E-state index contributed by atoms with van der Waals surface area (Å²) >= 11 is 0. The van der Waals surface area contributed by atoms with E-state index in [4.69, 9.17) is 29.4 Å². The standard InChI is InChI=1S/C34H30N2O6/c1-21-13-22(2)15-26(14-21)39-20-32(37)41-25-10-11-27-30(17-25)42-34(36)28(18-35)33(27)24-9-12-29(31(16-24)38-3)40-19-23-7-5-4-6-8-23/h4-17,33H,19-20,36H2,1-3H3. The van der Waals surface area contributed by atoms with Crippen LogP contribution in [0.2, 0.25) is 0 Å². The van der Waals surface area contributed by atoms with Gasteiger partial charge in [0.2, 0.25) is 5.88 Å². The minimum atomic E-state index is -0.571. The van der Waals surface area contributed by atoms with Crippen molar-refractivity contribution in [2.75, 3.05) is 13.7 Å². The zero-order valence-electron chi connectivity index (χ0n) is 23.5. The summed E-state index contributed by atoms with van der Waals surface area (Å²) in [6, 6.07) is 28.2. The third kappa shape index (κ3) is 6.31. The van der Waals surface area contributed by atoms with E-state index in [2.05, 4.69) is 6.07 Å². The van der Waals surface area contributed by atoms with Crippen LogP contribution >= 0.6 is 0 Å². The van der Waals surface area contributed by atoms with E-state index in [1.54, 1.807) is 25.3 Å². The molecule has 1 aliphatic heterocycles. The Bertz CT molecular complexity index is 1670. The molecule has 4 aromatic carbocycles. The molecule has 0 amide bonds. The Morgan fingerprint density at radius 1 is 0.905 bits per heavy atom. The lowest BCUT2D eigenvalue weighted by Crippen LogP contribution is -2.22. The molecule has 4 aromatic rings. The van der Waals surface area contributed by atoms with Crippen LogP contribution in [0.25, 0.3) is 0 Å². The Hall–Kier alpha value is -5.42. The highest BCUT2D eigenvalue weighted by molar-refractivity contribution is 5.74. The van der Waals surface area contributed by atoms with Gasteiger partial charge in [0.05, 0.1) is 13.0 Å². The zero-order valence-corrected chi connectivity index (χ0v) is 23.5. The van der Waals surface area contributed by atoms with Gasteiger partial charge in [0.1, 0.15) is 35.5 Å². The Morgan fingerprint density at radius 3 is 2.38 bits per heavy atom. The van der Waals surface area contributed by atoms with Crippen LogP contribution in [-0.4, -0.2) is 19.7 Å². The van der Waals surface area contributed by atoms with Gasteiger partial charge in [0.15, 0.2) is 18.1 Å². The fourth-order valence-electron chi connectivity index (χ4n) is 4.88. The Balaban J connectivity index is 1.35. The van der Waals surface area contributed by atoms with Crippen LogP contribution in [0, 0.1) is 25.2 Å². The van der Waals surface area contributed by atoms with Crippen molar-refractivity contribution >= 4 is 5.97 Å². The van der Waals surface area contributed by atoms with Crippen molar-refractivity contribution in [3.63, 3.8) is 0 Å². The molecule has 1 aliphatic rings. The number of hydrogen-bond donors (Lipinski definition) is 1. The summed E-state index contributed by atoms with van der Waals surface area (Å²) in [6.45, 7) is 4.04. The number of rotatable bonds is 9. The highest BCUT2D eigenvalue weighted by Gasteiger charge is 2.32. The highest BCUT2D eigenvalue weighted by Crippen LogP contribution is 2.45. The van der Waals surface area contributed by atoms with Crippen molar-refractivity contribution in [2.24, 2.45) is 5.73 Å². The van der Waals surface area contributed by atoms with Gasteiger partial charge in [-0.15, -0.1) is 0 Å². The molecular formula is C34H30N2O6. The second kappa shape index (κ2) is 12.4. The smallest absolute Gasteiger partial charge is 0.349 e. The number of nitrogens with zero attached hydrogens (tertiary/aromatic N) is 1. The molecule has 0 fully saturated rings. The monoisotopic (exact) mass is 562 g/mol. The first-order chi connectivity index (χ1) is 20.3. The Morgan fingerprint density at radius 2 is 1.67 bits per heavy atom. The predicted molar refractivity (Wildman–Crippen MR) is 157 cm³/mol. The fourth-order valence-corrected chi connectivity index (χ4v) is 4.88. The van der Waals surface area contributed by atoms with E-state index in [0.29, 0.717) is 35.2 Å². The van der Waals surface area contributed by atoms with Crippen molar-refractivity contribution in [2.45, 2.75) is 26.4 Å². The molecule has 8 nitrogen and oxygen atoms in total. The lowest BCUT2D eigenvalue weighted by atomic mass is 9.83. The summed E-state index contributed by atoms with van der Waals surface area (Å²) in [7, 11) is 1.56. The van der Waals surface area contributed by atoms with Gasteiger partial charge in [0, 0.05) is 11.6 Å². The molecule has 0 aromatic heterocycles. The molecule has 0 radical (unpaired) electrons. The third-order valence-electron chi connectivity index (χ3n) is 6.73. The van der Waals surface area contributed by atoms with E-state index in [1.807, 2.05) is 80.6 Å². The number of carbonyl (C=O) groups excluding carboxylic acids is 1. The molecule has 0 saturated carbocycles. The minimum Gasteiger partial charge on any atom is -0.493 e. The first-order valence-electron chi connectivity index (χ1n) is 13.3. The van der Waals surface area contributed by atoms with E-state index in [-0.39, 0.29) is 23.8 Å². The van der Waals surface area contributed by atoms with Gasteiger partial charge in [-0.05, 0) is 66.4 Å². The second-order valence-electron chi connectivity index (χ2n) is 9.90. The summed E-state index contributed by atoms with van der Waals surface area (Å²) in [4.78, 5) is 12.5. The van der Waals surface area contributed by atoms with E-state index < -0.39 is 11.9 Å². The largest absolute Gasteiger partial charge is 0.493 e. The predicted octanol–water partition coefficient (Wildman–Crippen LogP) is 6.09. The van der Waals surface area contributed by atoms with Crippen LogP contribution in [0.3, 0.4) is 0 Å². The number of hydrogen-bond acceptors (Lipinski definition) is 8. The van der Waals surface area contributed by atoms with Crippen molar-refractivity contribution < 1.29 is 28.5 Å². The number of methoxy groups -OCH3 is 1. The molecule has 0 saturated heterocycles. The molecule has 1 unspecified atom stereocenters. The number of carbonyl (C=O) groups is 1. The molecule has 5 rings (SSSR count). The molecule has 1 atom stereocenters. The summed E-state index contributed by atoms with van der Waals surface area (Å²) in [5.41, 5.74) is 11.0. The quantitative estimate of drug-likeness (QED) is 0.193. The van der Waals surface area contributed by atoms with Gasteiger partial charge < -0.3 is 29.4 Å². The van der Waals surface area contributed by atoms with Crippen molar-refractivity contribution in [3.05, 3.63) is 124 Å². The zero-order chi connectivity index (χ0) is 29.6. The van der Waals surface area contributed by atoms with Crippen molar-refractivity contribution in [1.82, 2.24) is 0 Å². The summed E-state index contributed by atoms with van der Waals surface area (Å²) in [5, 5.41) is 9.96. The number of fused-ring (bicyclic) bond motifs is 1. The molecule has 42 heavy (non-hydrogen) atoms. The Kier molecular flexibility index (Phi) is 8.30. The summed E-state index contributed by atoms with van der Waals surface area (Å²) in [6.07, 6.45) is 0. The van der Waals surface area contributed by atoms with E-state index in [9.17, 15) is 10.1 Å². The second-order valence-corrected chi connectivity index (χ2v) is 9.90. The average Bonchev–Trinajstić information content (AvgIpc) is 2.98. The molecule has 8 heteroatoms. The van der Waals surface area contributed by atoms with Crippen LogP contribution in [0.4, 0.5) is 0 Å². The molecule has 1 heterocycles. The third-order valence-corrected chi connectivity index (χ3v) is 6.73. The van der Waals surface area contributed by atoms with Crippen molar-refractivity contribution in [1.29, 1.82) is 5.26 Å². The van der Waals surface area contributed by atoms with E-state index >= 15 is 0 Å². The van der Waals surface area contributed by atoms with Crippen LogP contribution in [0.15, 0.2) is 96.4 Å². The first kappa shape index (κ1) is 28.1. The fraction of sp³-hybridized carbons (Fsp3) is 0.176. The van der Waals surface area contributed by atoms with Crippen LogP contribution < -0.4 is 29.4 Å². The minimum absolute atomic E-state index is 0.0278. The van der Waals surface area contributed by atoms with Crippen LogP contribution in [-0.2, 0) is 11.4 Å². The van der Waals surface area contributed by atoms with Crippen LogP contribution in [0.5, 0.6) is 28.7 Å². The normalized spacial score (nSPS) is 13.8. The summed E-state index contributed by atoms with van der Waals surface area (Å²) < 4.78 is 28.5. The lowest BCUT2D eigenvalue weighted by Gasteiger charge is -2.27. The number of nitrogens with two attached hydrogens (primary N) is 1. The average molecular weight is 563 g/mol. The van der Waals surface area contributed by atoms with Gasteiger partial charge in [-0.2, -0.15) is 5.26 Å². The molecule has 2 N–H and O–H groups in total.